The summed E-state index contributed by atoms with van der Waals surface area (Å²) in [5.74, 6) is 1.57. The van der Waals surface area contributed by atoms with Gasteiger partial charge in [0.15, 0.2) is 0 Å². The van der Waals surface area contributed by atoms with Crippen LogP contribution >= 0.6 is 11.6 Å². The summed E-state index contributed by atoms with van der Waals surface area (Å²) in [4.78, 5) is 15.5. The number of hydrogen-bond donors (Lipinski definition) is 0. The summed E-state index contributed by atoms with van der Waals surface area (Å²) in [6.07, 6.45) is 1.91. The second-order valence-electron chi connectivity index (χ2n) is 5.26. The van der Waals surface area contributed by atoms with Gasteiger partial charge in [-0.05, 0) is 37.2 Å². The molecule has 0 radical (unpaired) electrons. The van der Waals surface area contributed by atoms with E-state index in [-0.39, 0.29) is 0 Å². The average molecular weight is 311 g/mol. The van der Waals surface area contributed by atoms with E-state index in [9.17, 15) is 4.79 Å². The smallest absolute Gasteiger partial charge is 0.150 e. The third-order valence-corrected chi connectivity index (χ3v) is 4.03. The molecule has 1 aromatic rings. The normalized spacial score (nSPS) is 16.8. The number of benzene rings is 1. The molecule has 0 spiro atoms. The molecule has 1 saturated heterocycles. The van der Waals surface area contributed by atoms with Gasteiger partial charge in [0.25, 0.3) is 0 Å². The van der Waals surface area contributed by atoms with Crippen molar-refractivity contribution in [2.75, 3.05) is 51.8 Å². The van der Waals surface area contributed by atoms with E-state index in [1.54, 1.807) is 12.1 Å². The summed E-state index contributed by atoms with van der Waals surface area (Å²) in [7, 11) is 0. The minimum atomic E-state index is 0.676. The van der Waals surface area contributed by atoms with Gasteiger partial charge >= 0.3 is 0 Å². The Morgan fingerprint density at radius 3 is 2.24 bits per heavy atom. The third-order valence-electron chi connectivity index (χ3n) is 3.77. The zero-order valence-corrected chi connectivity index (χ0v) is 13.1. The van der Waals surface area contributed by atoms with E-state index >= 15 is 0 Å². The molecule has 0 atom stereocenters. The summed E-state index contributed by atoms with van der Waals surface area (Å²) >= 11 is 5.72. The number of nitrogens with zero attached hydrogens (tertiary/aromatic N) is 2. The lowest BCUT2D eigenvalue weighted by molar-refractivity contribution is 0.112. The maximum absolute atomic E-state index is 10.6. The van der Waals surface area contributed by atoms with E-state index in [0.29, 0.717) is 12.2 Å². The summed E-state index contributed by atoms with van der Waals surface area (Å²) in [5.41, 5.74) is 0.676. The number of piperazine rings is 1. The number of alkyl halides is 1. The van der Waals surface area contributed by atoms with Crippen molar-refractivity contribution in [2.45, 2.75) is 6.42 Å². The molecular formula is C16H23ClN2O2. The molecule has 116 valence electrons. The Kier molecular flexibility index (Phi) is 7.00. The van der Waals surface area contributed by atoms with Gasteiger partial charge in [0, 0.05) is 44.2 Å². The first-order chi connectivity index (χ1) is 10.3. The first kappa shape index (κ1) is 16.3. The Balaban J connectivity index is 1.62. The van der Waals surface area contributed by atoms with Crippen LogP contribution < -0.4 is 4.74 Å². The van der Waals surface area contributed by atoms with Gasteiger partial charge in [-0.3, -0.25) is 9.69 Å². The standard InChI is InChI=1S/C16H23ClN2O2/c17-6-1-7-18-8-10-19(11-9-18)12-13-21-16-4-2-15(14-20)3-5-16/h2-5,14H,1,6-13H2. The Bertz CT molecular complexity index is 417. The van der Waals surface area contributed by atoms with Crippen LogP contribution in [0.2, 0.25) is 0 Å². The molecular weight excluding hydrogens is 288 g/mol. The maximum atomic E-state index is 10.6. The first-order valence-corrected chi connectivity index (χ1v) is 8.04. The highest BCUT2D eigenvalue weighted by Crippen LogP contribution is 2.11. The van der Waals surface area contributed by atoms with Crippen LogP contribution in [0.15, 0.2) is 24.3 Å². The quantitative estimate of drug-likeness (QED) is 0.544. The van der Waals surface area contributed by atoms with Crippen LogP contribution in [0.4, 0.5) is 0 Å². The molecule has 0 aliphatic carbocycles. The average Bonchev–Trinajstić information content (AvgIpc) is 2.55. The van der Waals surface area contributed by atoms with E-state index in [0.717, 1.165) is 63.6 Å². The molecule has 2 rings (SSSR count). The number of rotatable bonds is 8. The van der Waals surface area contributed by atoms with E-state index in [1.165, 1.54) is 0 Å². The van der Waals surface area contributed by atoms with E-state index in [4.69, 9.17) is 16.3 Å². The number of carbonyl (C=O) groups is 1. The summed E-state index contributed by atoms with van der Waals surface area (Å²) < 4.78 is 5.71. The second kappa shape index (κ2) is 9.03. The van der Waals surface area contributed by atoms with Crippen LogP contribution in [0.3, 0.4) is 0 Å². The van der Waals surface area contributed by atoms with Gasteiger partial charge in [-0.15, -0.1) is 11.6 Å². The lowest BCUT2D eigenvalue weighted by Crippen LogP contribution is -2.47. The van der Waals surface area contributed by atoms with E-state index < -0.39 is 0 Å². The third kappa shape index (κ3) is 5.65. The van der Waals surface area contributed by atoms with Crippen molar-refractivity contribution in [3.05, 3.63) is 29.8 Å². The molecule has 0 saturated carbocycles. The molecule has 1 aliphatic rings. The molecule has 21 heavy (non-hydrogen) atoms. The van der Waals surface area contributed by atoms with Crippen LogP contribution in [-0.4, -0.2) is 67.8 Å². The molecule has 1 fully saturated rings. The van der Waals surface area contributed by atoms with Gasteiger partial charge in [-0.25, -0.2) is 0 Å². The molecule has 1 heterocycles. The lowest BCUT2D eigenvalue weighted by Gasteiger charge is -2.34. The minimum Gasteiger partial charge on any atom is -0.492 e. The summed E-state index contributed by atoms with van der Waals surface area (Å²) in [6.45, 7) is 7.15. The van der Waals surface area contributed by atoms with E-state index in [2.05, 4.69) is 9.80 Å². The number of ether oxygens (including phenoxy) is 1. The van der Waals surface area contributed by atoms with Gasteiger partial charge in [0.05, 0.1) is 0 Å². The molecule has 0 bridgehead atoms. The fourth-order valence-electron chi connectivity index (χ4n) is 2.46. The van der Waals surface area contributed by atoms with Gasteiger partial charge in [0.1, 0.15) is 18.6 Å². The fraction of sp³-hybridized carbons (Fsp3) is 0.562. The zero-order valence-electron chi connectivity index (χ0n) is 12.3. The summed E-state index contributed by atoms with van der Waals surface area (Å²) in [5, 5.41) is 0. The molecule has 1 aliphatic heterocycles. The number of carbonyl (C=O) groups excluding carboxylic acids is 1. The molecule has 0 aromatic heterocycles. The van der Waals surface area contributed by atoms with Crippen LogP contribution in [0.5, 0.6) is 5.75 Å². The summed E-state index contributed by atoms with van der Waals surface area (Å²) in [6, 6.07) is 7.23. The number of hydrogen-bond acceptors (Lipinski definition) is 4. The topological polar surface area (TPSA) is 32.8 Å². The van der Waals surface area contributed by atoms with Crippen molar-refractivity contribution in [1.29, 1.82) is 0 Å². The number of aldehydes is 1. The SMILES string of the molecule is O=Cc1ccc(OCCN2CCN(CCCCl)CC2)cc1. The van der Waals surface area contributed by atoms with Crippen molar-refractivity contribution in [1.82, 2.24) is 9.80 Å². The van der Waals surface area contributed by atoms with Crippen molar-refractivity contribution >= 4 is 17.9 Å². The van der Waals surface area contributed by atoms with Crippen molar-refractivity contribution < 1.29 is 9.53 Å². The first-order valence-electron chi connectivity index (χ1n) is 7.50. The predicted octanol–water partition coefficient (Wildman–Crippen LogP) is 2.12. The highest BCUT2D eigenvalue weighted by molar-refractivity contribution is 6.17. The Morgan fingerprint density at radius 1 is 1.05 bits per heavy atom. The van der Waals surface area contributed by atoms with Crippen LogP contribution in [0.1, 0.15) is 16.8 Å². The minimum absolute atomic E-state index is 0.676. The van der Waals surface area contributed by atoms with Crippen molar-refractivity contribution in [3.63, 3.8) is 0 Å². The van der Waals surface area contributed by atoms with Crippen molar-refractivity contribution in [2.24, 2.45) is 0 Å². The fourth-order valence-corrected chi connectivity index (χ4v) is 2.57. The predicted molar refractivity (Wildman–Crippen MR) is 85.5 cm³/mol. The van der Waals surface area contributed by atoms with Crippen molar-refractivity contribution in [3.8, 4) is 5.75 Å². The number of halogens is 1. The van der Waals surface area contributed by atoms with Gasteiger partial charge in [-0.2, -0.15) is 0 Å². The molecule has 4 nitrogen and oxygen atoms in total. The van der Waals surface area contributed by atoms with Crippen LogP contribution in [0.25, 0.3) is 0 Å². The largest absolute Gasteiger partial charge is 0.492 e. The Morgan fingerprint density at radius 2 is 1.67 bits per heavy atom. The molecule has 0 amide bonds. The Hall–Kier alpha value is -1.10. The molecule has 1 aromatic carbocycles. The van der Waals surface area contributed by atoms with Gasteiger partial charge < -0.3 is 9.64 Å². The molecule has 5 heteroatoms. The lowest BCUT2D eigenvalue weighted by atomic mass is 10.2. The van der Waals surface area contributed by atoms with E-state index in [1.807, 2.05) is 12.1 Å². The molecule has 0 N–H and O–H groups in total. The molecule has 0 unspecified atom stereocenters. The maximum Gasteiger partial charge on any atom is 0.150 e. The highest BCUT2D eigenvalue weighted by atomic mass is 35.5. The van der Waals surface area contributed by atoms with Crippen LogP contribution in [-0.2, 0) is 0 Å². The second-order valence-corrected chi connectivity index (χ2v) is 5.64. The van der Waals surface area contributed by atoms with Crippen LogP contribution in [0, 0.1) is 0 Å². The monoisotopic (exact) mass is 310 g/mol. The Labute approximate surface area is 131 Å². The van der Waals surface area contributed by atoms with Gasteiger partial charge in [-0.1, -0.05) is 0 Å². The van der Waals surface area contributed by atoms with Gasteiger partial charge in [0.2, 0.25) is 0 Å². The zero-order chi connectivity index (χ0) is 14.9. The highest BCUT2D eigenvalue weighted by Gasteiger charge is 2.15.